The molecule has 98 valence electrons. The summed E-state index contributed by atoms with van der Waals surface area (Å²) in [4.78, 5) is 10.7. The van der Waals surface area contributed by atoms with E-state index in [9.17, 15) is 0 Å². The number of hydrogen-bond acceptors (Lipinski definition) is 4. The van der Waals surface area contributed by atoms with Crippen molar-refractivity contribution in [3.63, 3.8) is 0 Å². The van der Waals surface area contributed by atoms with Gasteiger partial charge in [0.25, 0.3) is 0 Å². The molecule has 0 unspecified atom stereocenters. The minimum Gasteiger partial charge on any atom is -0.383 e. The van der Waals surface area contributed by atoms with E-state index in [1.165, 1.54) is 6.33 Å². The third-order valence-corrected chi connectivity index (χ3v) is 3.88. The number of fused-ring (bicyclic) bond motifs is 1. The van der Waals surface area contributed by atoms with E-state index in [4.69, 9.17) is 12.2 Å². The standard InChI is InChI=1S/C14H17N5/c1-3-10-8-19(11-4-6-18(2)7-5-11)14-12(10)13(15)16-9-17-14/h1,8-9,11H,4-7H2,2H3,(H2,15,16,17). The summed E-state index contributed by atoms with van der Waals surface area (Å²) in [5.74, 6) is 3.15. The first-order valence-electron chi connectivity index (χ1n) is 6.47. The molecular formula is C14H17N5. The second-order valence-electron chi connectivity index (χ2n) is 5.09. The zero-order valence-electron chi connectivity index (χ0n) is 11.0. The Balaban J connectivity index is 2.10. The lowest BCUT2D eigenvalue weighted by Crippen LogP contribution is -2.31. The van der Waals surface area contributed by atoms with Crippen LogP contribution >= 0.6 is 0 Å². The highest BCUT2D eigenvalue weighted by Crippen LogP contribution is 2.30. The number of terminal acetylenes is 1. The van der Waals surface area contributed by atoms with Crippen molar-refractivity contribution in [1.82, 2.24) is 19.4 Å². The van der Waals surface area contributed by atoms with Gasteiger partial charge < -0.3 is 15.2 Å². The molecule has 0 radical (unpaired) electrons. The van der Waals surface area contributed by atoms with E-state index in [1.807, 2.05) is 6.20 Å². The number of nitrogens with two attached hydrogens (primary N) is 1. The van der Waals surface area contributed by atoms with Crippen LogP contribution < -0.4 is 5.73 Å². The van der Waals surface area contributed by atoms with Crippen molar-refractivity contribution in [3.05, 3.63) is 18.1 Å². The van der Waals surface area contributed by atoms with E-state index >= 15 is 0 Å². The van der Waals surface area contributed by atoms with Crippen molar-refractivity contribution in [1.29, 1.82) is 0 Å². The molecule has 5 heteroatoms. The number of nitrogens with zero attached hydrogens (tertiary/aromatic N) is 4. The van der Waals surface area contributed by atoms with Crippen molar-refractivity contribution in [2.75, 3.05) is 25.9 Å². The molecule has 2 aromatic heterocycles. The summed E-state index contributed by atoms with van der Waals surface area (Å²) in [6.45, 7) is 2.19. The SMILES string of the molecule is C#Cc1cn(C2CCN(C)CC2)c2ncnc(N)c12. The van der Waals surface area contributed by atoms with Crippen LogP contribution in [-0.4, -0.2) is 39.6 Å². The van der Waals surface area contributed by atoms with Gasteiger partial charge in [-0.2, -0.15) is 0 Å². The molecule has 2 N–H and O–H groups in total. The van der Waals surface area contributed by atoms with Crippen molar-refractivity contribution < 1.29 is 0 Å². The predicted molar refractivity (Wildman–Crippen MR) is 75.6 cm³/mol. The van der Waals surface area contributed by atoms with Gasteiger partial charge in [-0.15, -0.1) is 6.42 Å². The molecule has 0 bridgehead atoms. The Bertz CT molecular complexity index is 644. The van der Waals surface area contributed by atoms with Crippen LogP contribution in [0.25, 0.3) is 11.0 Å². The van der Waals surface area contributed by atoms with Gasteiger partial charge in [0, 0.05) is 12.2 Å². The zero-order valence-corrected chi connectivity index (χ0v) is 11.0. The van der Waals surface area contributed by atoms with Crippen LogP contribution in [0.4, 0.5) is 5.82 Å². The van der Waals surface area contributed by atoms with E-state index in [-0.39, 0.29) is 0 Å². The van der Waals surface area contributed by atoms with Crippen molar-refractivity contribution >= 4 is 16.9 Å². The first kappa shape index (κ1) is 12.0. The molecule has 19 heavy (non-hydrogen) atoms. The van der Waals surface area contributed by atoms with Crippen LogP contribution in [0, 0.1) is 12.3 Å². The lowest BCUT2D eigenvalue weighted by molar-refractivity contribution is 0.223. The van der Waals surface area contributed by atoms with Gasteiger partial charge in [-0.05, 0) is 33.0 Å². The maximum Gasteiger partial charge on any atom is 0.147 e. The van der Waals surface area contributed by atoms with Gasteiger partial charge in [0.1, 0.15) is 17.8 Å². The van der Waals surface area contributed by atoms with Gasteiger partial charge in [-0.25, -0.2) is 9.97 Å². The normalized spacial score (nSPS) is 17.7. The van der Waals surface area contributed by atoms with Crippen LogP contribution in [0.3, 0.4) is 0 Å². The molecule has 3 heterocycles. The number of nitrogen functional groups attached to an aromatic ring is 1. The van der Waals surface area contributed by atoms with E-state index in [2.05, 4.69) is 32.4 Å². The number of likely N-dealkylation sites (tertiary alicyclic amines) is 1. The minimum atomic E-state index is 0.440. The Morgan fingerprint density at radius 1 is 1.37 bits per heavy atom. The number of rotatable bonds is 1. The van der Waals surface area contributed by atoms with E-state index < -0.39 is 0 Å². The maximum atomic E-state index is 5.93. The van der Waals surface area contributed by atoms with Crippen LogP contribution in [0.2, 0.25) is 0 Å². The highest BCUT2D eigenvalue weighted by atomic mass is 15.1. The maximum absolute atomic E-state index is 5.93. The first-order valence-corrected chi connectivity index (χ1v) is 6.47. The topological polar surface area (TPSA) is 60.0 Å². The number of piperidine rings is 1. The van der Waals surface area contributed by atoms with E-state index in [0.29, 0.717) is 11.9 Å². The number of hydrogen-bond donors (Lipinski definition) is 1. The Morgan fingerprint density at radius 3 is 2.79 bits per heavy atom. The summed E-state index contributed by atoms with van der Waals surface area (Å²) in [7, 11) is 2.15. The molecule has 1 fully saturated rings. The number of aromatic nitrogens is 3. The largest absolute Gasteiger partial charge is 0.383 e. The summed E-state index contributed by atoms with van der Waals surface area (Å²) in [6.07, 6.45) is 11.3. The third-order valence-electron chi connectivity index (χ3n) is 3.88. The van der Waals surface area contributed by atoms with E-state index in [0.717, 1.165) is 42.5 Å². The summed E-state index contributed by atoms with van der Waals surface area (Å²) in [5, 5.41) is 0.809. The van der Waals surface area contributed by atoms with Crippen molar-refractivity contribution in [2.45, 2.75) is 18.9 Å². The Hall–Kier alpha value is -2.06. The molecular weight excluding hydrogens is 238 g/mol. The highest BCUT2D eigenvalue weighted by Gasteiger charge is 2.22. The van der Waals surface area contributed by atoms with Crippen LogP contribution in [-0.2, 0) is 0 Å². The fraction of sp³-hybridized carbons (Fsp3) is 0.429. The molecule has 0 spiro atoms. The average molecular weight is 255 g/mol. The van der Waals surface area contributed by atoms with Gasteiger partial charge in [-0.3, -0.25) is 0 Å². The lowest BCUT2D eigenvalue weighted by atomic mass is 10.1. The Labute approximate surface area is 112 Å². The summed E-state index contributed by atoms with van der Waals surface area (Å²) in [6, 6.07) is 0.440. The third kappa shape index (κ3) is 1.94. The van der Waals surface area contributed by atoms with Gasteiger partial charge in [0.05, 0.1) is 10.9 Å². The minimum absolute atomic E-state index is 0.440. The quantitative estimate of drug-likeness (QED) is 0.779. The predicted octanol–water partition coefficient (Wildman–Crippen LogP) is 1.26. The number of anilines is 1. The van der Waals surface area contributed by atoms with Crippen LogP contribution in [0.1, 0.15) is 24.4 Å². The summed E-state index contributed by atoms with van der Waals surface area (Å²) >= 11 is 0. The molecule has 0 aliphatic carbocycles. The second-order valence-corrected chi connectivity index (χ2v) is 5.09. The molecule has 1 saturated heterocycles. The summed E-state index contributed by atoms with van der Waals surface area (Å²) in [5.41, 5.74) is 7.57. The molecule has 1 aliphatic rings. The molecule has 5 nitrogen and oxygen atoms in total. The van der Waals surface area contributed by atoms with Gasteiger partial charge in [-0.1, -0.05) is 5.92 Å². The smallest absolute Gasteiger partial charge is 0.147 e. The zero-order chi connectivity index (χ0) is 13.4. The average Bonchev–Trinajstić information content (AvgIpc) is 2.80. The molecule has 1 aliphatic heterocycles. The fourth-order valence-electron chi connectivity index (χ4n) is 2.77. The molecule has 0 aromatic carbocycles. The molecule has 0 saturated carbocycles. The van der Waals surface area contributed by atoms with Crippen molar-refractivity contribution in [3.8, 4) is 12.3 Å². The van der Waals surface area contributed by atoms with Gasteiger partial charge in [0.15, 0.2) is 0 Å². The van der Waals surface area contributed by atoms with Crippen LogP contribution in [0.5, 0.6) is 0 Å². The van der Waals surface area contributed by atoms with Crippen molar-refractivity contribution in [2.24, 2.45) is 0 Å². The fourth-order valence-corrected chi connectivity index (χ4v) is 2.77. The van der Waals surface area contributed by atoms with Crippen LogP contribution in [0.15, 0.2) is 12.5 Å². The molecule has 0 amide bonds. The van der Waals surface area contributed by atoms with Gasteiger partial charge in [0.2, 0.25) is 0 Å². The second kappa shape index (κ2) is 4.56. The lowest BCUT2D eigenvalue weighted by Gasteiger charge is -2.30. The first-order chi connectivity index (χ1) is 9.20. The molecule has 2 aromatic rings. The molecule has 0 atom stereocenters. The van der Waals surface area contributed by atoms with E-state index in [1.54, 1.807) is 0 Å². The highest BCUT2D eigenvalue weighted by molar-refractivity contribution is 5.92. The molecule has 3 rings (SSSR count). The Morgan fingerprint density at radius 2 is 2.11 bits per heavy atom. The Kier molecular flexibility index (Phi) is 2.88. The monoisotopic (exact) mass is 255 g/mol. The van der Waals surface area contributed by atoms with Gasteiger partial charge >= 0.3 is 0 Å². The summed E-state index contributed by atoms with van der Waals surface area (Å²) < 4.78 is 2.18.